The largest absolute Gasteiger partial charge is 0.484 e. The Balaban J connectivity index is 1.34. The van der Waals surface area contributed by atoms with Crippen molar-refractivity contribution in [3.63, 3.8) is 0 Å². The number of benzene rings is 3. The van der Waals surface area contributed by atoms with Crippen LogP contribution in [0.2, 0.25) is 0 Å². The molecular weight excluding hydrogens is 382 g/mol. The number of hydrogen-bond acceptors (Lipinski definition) is 5. The Bertz CT molecular complexity index is 1230. The third-order valence-corrected chi connectivity index (χ3v) is 4.41. The highest BCUT2D eigenvalue weighted by atomic mass is 16.5. The fourth-order valence-electron chi connectivity index (χ4n) is 2.97. The maximum absolute atomic E-state index is 12.2. The van der Waals surface area contributed by atoms with Crippen molar-refractivity contribution in [1.29, 1.82) is 0 Å². The van der Waals surface area contributed by atoms with Gasteiger partial charge < -0.3 is 19.2 Å². The second-order valence-corrected chi connectivity index (χ2v) is 6.68. The van der Waals surface area contributed by atoms with Crippen LogP contribution in [0.1, 0.15) is 5.56 Å². The summed E-state index contributed by atoms with van der Waals surface area (Å²) < 4.78 is 16.5. The fraction of sp³-hybridized carbons (Fsp3) is 0.0833. The Morgan fingerprint density at radius 3 is 2.37 bits per heavy atom. The molecule has 4 aromatic rings. The average molecular weight is 401 g/mol. The van der Waals surface area contributed by atoms with Gasteiger partial charge in [0, 0.05) is 23.2 Å². The lowest BCUT2D eigenvalue weighted by molar-refractivity contribution is -0.118. The van der Waals surface area contributed by atoms with E-state index < -0.39 is 5.63 Å². The third kappa shape index (κ3) is 4.67. The Hall–Kier alpha value is -4.06. The number of carbonyl (C=O) groups is 1. The van der Waals surface area contributed by atoms with Crippen molar-refractivity contribution in [2.45, 2.75) is 6.92 Å². The zero-order chi connectivity index (χ0) is 20.9. The van der Waals surface area contributed by atoms with Gasteiger partial charge in [0.2, 0.25) is 0 Å². The summed E-state index contributed by atoms with van der Waals surface area (Å²) in [5, 5.41) is 3.59. The summed E-state index contributed by atoms with van der Waals surface area (Å²) in [6, 6.07) is 23.1. The van der Waals surface area contributed by atoms with Gasteiger partial charge in [0.05, 0.1) is 0 Å². The van der Waals surface area contributed by atoms with Crippen molar-refractivity contribution in [3.05, 3.63) is 94.8 Å². The summed E-state index contributed by atoms with van der Waals surface area (Å²) in [6.45, 7) is 1.66. The van der Waals surface area contributed by atoms with Crippen LogP contribution in [0.15, 0.2) is 88.1 Å². The second kappa shape index (κ2) is 8.53. The number of anilines is 1. The van der Waals surface area contributed by atoms with E-state index in [0.29, 0.717) is 22.8 Å². The first-order valence-corrected chi connectivity index (χ1v) is 9.37. The molecule has 30 heavy (non-hydrogen) atoms. The molecule has 0 bridgehead atoms. The van der Waals surface area contributed by atoms with Crippen LogP contribution in [0.5, 0.6) is 17.2 Å². The van der Waals surface area contributed by atoms with Crippen LogP contribution >= 0.6 is 0 Å². The number of amides is 1. The van der Waals surface area contributed by atoms with Gasteiger partial charge in [-0.05, 0) is 61.0 Å². The van der Waals surface area contributed by atoms with Gasteiger partial charge >= 0.3 is 5.63 Å². The molecule has 0 radical (unpaired) electrons. The van der Waals surface area contributed by atoms with Crippen LogP contribution in [0.25, 0.3) is 11.0 Å². The highest BCUT2D eigenvalue weighted by Gasteiger charge is 2.07. The number of rotatable bonds is 6. The first-order chi connectivity index (χ1) is 14.6. The third-order valence-electron chi connectivity index (χ3n) is 4.41. The Labute approximate surface area is 172 Å². The van der Waals surface area contributed by atoms with Gasteiger partial charge in [-0.1, -0.05) is 18.2 Å². The first kappa shape index (κ1) is 19.3. The minimum absolute atomic E-state index is 0.177. The van der Waals surface area contributed by atoms with Crippen molar-refractivity contribution in [2.24, 2.45) is 0 Å². The molecule has 150 valence electrons. The van der Waals surface area contributed by atoms with E-state index in [1.165, 1.54) is 6.07 Å². The highest BCUT2D eigenvalue weighted by Crippen LogP contribution is 2.24. The zero-order valence-electron chi connectivity index (χ0n) is 16.3. The summed E-state index contributed by atoms with van der Waals surface area (Å²) in [4.78, 5) is 23.7. The number of aryl methyl sites for hydroxylation is 1. The SMILES string of the molecule is Cc1cc(=O)oc2cc(OCC(=O)Nc3ccc(Oc4ccccc4)cc3)ccc12. The van der Waals surface area contributed by atoms with Gasteiger partial charge in [0.15, 0.2) is 6.61 Å². The molecule has 0 spiro atoms. The Morgan fingerprint density at radius 1 is 0.900 bits per heavy atom. The number of carbonyl (C=O) groups excluding carboxylic acids is 1. The molecule has 0 atom stereocenters. The van der Waals surface area contributed by atoms with E-state index in [9.17, 15) is 9.59 Å². The minimum atomic E-state index is -0.422. The van der Waals surface area contributed by atoms with E-state index in [4.69, 9.17) is 13.9 Å². The quantitative estimate of drug-likeness (QED) is 0.465. The number of nitrogens with one attached hydrogen (secondary N) is 1. The Morgan fingerprint density at radius 2 is 1.60 bits per heavy atom. The summed E-state index contributed by atoms with van der Waals surface area (Å²) >= 11 is 0. The maximum Gasteiger partial charge on any atom is 0.336 e. The van der Waals surface area contributed by atoms with E-state index in [1.807, 2.05) is 37.3 Å². The molecule has 0 aliphatic heterocycles. The summed E-state index contributed by atoms with van der Waals surface area (Å²) in [6.07, 6.45) is 0. The van der Waals surface area contributed by atoms with E-state index in [1.54, 1.807) is 42.5 Å². The molecule has 0 fully saturated rings. The van der Waals surface area contributed by atoms with Crippen molar-refractivity contribution in [2.75, 3.05) is 11.9 Å². The lowest BCUT2D eigenvalue weighted by Crippen LogP contribution is -2.20. The lowest BCUT2D eigenvalue weighted by atomic mass is 10.1. The van der Waals surface area contributed by atoms with Gasteiger partial charge in [-0.15, -0.1) is 0 Å². The molecule has 6 heteroatoms. The van der Waals surface area contributed by atoms with Gasteiger partial charge in [-0.25, -0.2) is 4.79 Å². The van der Waals surface area contributed by atoms with Crippen LogP contribution in [0.3, 0.4) is 0 Å². The standard InChI is InChI=1S/C24H19NO5/c1-16-13-24(27)30-22-14-20(11-12-21(16)22)28-15-23(26)25-17-7-9-19(10-8-17)29-18-5-3-2-4-6-18/h2-14H,15H2,1H3,(H,25,26). The minimum Gasteiger partial charge on any atom is -0.484 e. The maximum atomic E-state index is 12.2. The predicted octanol–water partition coefficient (Wildman–Crippen LogP) is 4.91. The van der Waals surface area contributed by atoms with Crippen molar-refractivity contribution in [3.8, 4) is 17.2 Å². The molecule has 0 aliphatic carbocycles. The molecule has 1 aromatic heterocycles. The smallest absolute Gasteiger partial charge is 0.336 e. The predicted molar refractivity (Wildman–Crippen MR) is 114 cm³/mol. The van der Waals surface area contributed by atoms with Crippen molar-refractivity contribution < 1.29 is 18.7 Å². The first-order valence-electron chi connectivity index (χ1n) is 9.37. The number of hydrogen-bond donors (Lipinski definition) is 1. The molecule has 4 rings (SSSR count). The van der Waals surface area contributed by atoms with Crippen LogP contribution in [-0.4, -0.2) is 12.5 Å². The van der Waals surface area contributed by atoms with E-state index >= 15 is 0 Å². The average Bonchev–Trinajstić information content (AvgIpc) is 2.74. The topological polar surface area (TPSA) is 77.8 Å². The summed E-state index contributed by atoms with van der Waals surface area (Å²) in [5.41, 5.74) is 1.45. The molecular formula is C24H19NO5. The second-order valence-electron chi connectivity index (χ2n) is 6.68. The van der Waals surface area contributed by atoms with Gasteiger partial charge in [-0.2, -0.15) is 0 Å². The highest BCUT2D eigenvalue weighted by molar-refractivity contribution is 5.92. The molecule has 0 saturated carbocycles. The fourth-order valence-corrected chi connectivity index (χ4v) is 2.97. The molecule has 0 aliphatic rings. The van der Waals surface area contributed by atoms with Crippen molar-refractivity contribution >= 4 is 22.6 Å². The molecule has 0 saturated heterocycles. The molecule has 1 heterocycles. The van der Waals surface area contributed by atoms with Crippen LogP contribution < -0.4 is 20.4 Å². The number of fused-ring (bicyclic) bond motifs is 1. The summed E-state index contributed by atoms with van der Waals surface area (Å²) in [7, 11) is 0. The molecule has 1 amide bonds. The van der Waals surface area contributed by atoms with Gasteiger partial charge in [0.25, 0.3) is 5.91 Å². The van der Waals surface area contributed by atoms with Crippen LogP contribution in [-0.2, 0) is 4.79 Å². The van der Waals surface area contributed by atoms with E-state index in [2.05, 4.69) is 5.32 Å². The van der Waals surface area contributed by atoms with Crippen molar-refractivity contribution in [1.82, 2.24) is 0 Å². The monoisotopic (exact) mass is 401 g/mol. The van der Waals surface area contributed by atoms with Gasteiger partial charge in [0.1, 0.15) is 22.8 Å². The van der Waals surface area contributed by atoms with Crippen LogP contribution in [0.4, 0.5) is 5.69 Å². The lowest BCUT2D eigenvalue weighted by Gasteiger charge is -2.09. The zero-order valence-corrected chi connectivity index (χ0v) is 16.3. The Kier molecular flexibility index (Phi) is 5.48. The van der Waals surface area contributed by atoms with E-state index in [0.717, 1.165) is 16.7 Å². The summed E-state index contributed by atoms with van der Waals surface area (Å²) in [5.74, 6) is 1.54. The van der Waals surface area contributed by atoms with Crippen LogP contribution in [0, 0.1) is 6.92 Å². The number of para-hydroxylation sites is 1. The number of ether oxygens (including phenoxy) is 2. The molecule has 3 aromatic carbocycles. The van der Waals surface area contributed by atoms with Gasteiger partial charge in [-0.3, -0.25) is 4.79 Å². The molecule has 6 nitrogen and oxygen atoms in total. The molecule has 0 unspecified atom stereocenters. The molecule has 1 N–H and O–H groups in total. The normalized spacial score (nSPS) is 10.6. The van der Waals surface area contributed by atoms with E-state index in [-0.39, 0.29) is 12.5 Å².